The van der Waals surface area contributed by atoms with Crippen molar-refractivity contribution in [1.29, 1.82) is 0 Å². The molecule has 16 heavy (non-hydrogen) atoms. The molecule has 0 saturated heterocycles. The summed E-state index contributed by atoms with van der Waals surface area (Å²) in [4.78, 5) is 10.4. The molecule has 0 radical (unpaired) electrons. The van der Waals surface area contributed by atoms with Crippen LogP contribution in [-0.2, 0) is 0 Å². The van der Waals surface area contributed by atoms with Crippen molar-refractivity contribution in [2.45, 2.75) is 12.2 Å². The molecular formula is C9H9ClF3NO2. The van der Waals surface area contributed by atoms with Gasteiger partial charge in [-0.15, -0.1) is 12.4 Å². The van der Waals surface area contributed by atoms with Gasteiger partial charge in [-0.3, -0.25) is 0 Å². The predicted molar refractivity (Wildman–Crippen MR) is 53.6 cm³/mol. The van der Waals surface area contributed by atoms with Gasteiger partial charge in [0.15, 0.2) is 0 Å². The summed E-state index contributed by atoms with van der Waals surface area (Å²) in [6.45, 7) is 0. The molecule has 0 spiro atoms. The topological polar surface area (TPSA) is 63.3 Å². The van der Waals surface area contributed by atoms with Crippen LogP contribution in [0.4, 0.5) is 13.2 Å². The molecule has 0 aliphatic carbocycles. The second-order valence-corrected chi connectivity index (χ2v) is 2.95. The minimum absolute atomic E-state index is 0. The van der Waals surface area contributed by atoms with Crippen molar-refractivity contribution >= 4 is 18.4 Å². The Hall–Kier alpha value is -1.27. The quantitative estimate of drug-likeness (QED) is 0.853. The largest absolute Gasteiger partial charge is 0.478 e. The SMILES string of the molecule is Cl.N[C@H](c1ccc(C(=O)O)cc1)C(F)(F)F. The highest BCUT2D eigenvalue weighted by Crippen LogP contribution is 2.30. The van der Waals surface area contributed by atoms with Crippen molar-refractivity contribution in [3.05, 3.63) is 35.4 Å². The van der Waals surface area contributed by atoms with Gasteiger partial charge < -0.3 is 10.8 Å². The number of nitrogens with two attached hydrogens (primary N) is 1. The van der Waals surface area contributed by atoms with Crippen molar-refractivity contribution in [2.75, 3.05) is 0 Å². The van der Waals surface area contributed by atoms with Gasteiger partial charge in [-0.05, 0) is 17.7 Å². The number of carbonyl (C=O) groups is 1. The maximum atomic E-state index is 12.2. The molecule has 7 heteroatoms. The van der Waals surface area contributed by atoms with Crippen LogP contribution in [0.3, 0.4) is 0 Å². The highest BCUT2D eigenvalue weighted by Gasteiger charge is 2.37. The van der Waals surface area contributed by atoms with E-state index >= 15 is 0 Å². The van der Waals surface area contributed by atoms with Gasteiger partial charge in [-0.1, -0.05) is 12.1 Å². The minimum atomic E-state index is -4.52. The van der Waals surface area contributed by atoms with Crippen LogP contribution in [0.1, 0.15) is 22.0 Å². The Bertz CT molecular complexity index is 364. The monoisotopic (exact) mass is 255 g/mol. The van der Waals surface area contributed by atoms with Gasteiger partial charge in [-0.2, -0.15) is 13.2 Å². The summed E-state index contributed by atoms with van der Waals surface area (Å²) < 4.78 is 36.5. The minimum Gasteiger partial charge on any atom is -0.478 e. The molecule has 0 aliphatic rings. The van der Waals surface area contributed by atoms with E-state index in [4.69, 9.17) is 10.8 Å². The molecule has 3 N–H and O–H groups in total. The Morgan fingerprint density at radius 2 is 1.69 bits per heavy atom. The van der Waals surface area contributed by atoms with E-state index in [9.17, 15) is 18.0 Å². The molecule has 0 aromatic heterocycles. The van der Waals surface area contributed by atoms with E-state index in [-0.39, 0.29) is 23.5 Å². The molecule has 0 aliphatic heterocycles. The van der Waals surface area contributed by atoms with Crippen LogP contribution >= 0.6 is 12.4 Å². The maximum Gasteiger partial charge on any atom is 0.407 e. The van der Waals surface area contributed by atoms with Gasteiger partial charge in [0, 0.05) is 0 Å². The van der Waals surface area contributed by atoms with Crippen molar-refractivity contribution in [3.8, 4) is 0 Å². The molecular weight excluding hydrogens is 247 g/mol. The van der Waals surface area contributed by atoms with Gasteiger partial charge in [0.25, 0.3) is 0 Å². The molecule has 0 unspecified atom stereocenters. The molecule has 0 heterocycles. The van der Waals surface area contributed by atoms with E-state index in [0.717, 1.165) is 24.3 Å². The lowest BCUT2D eigenvalue weighted by atomic mass is 10.1. The summed E-state index contributed by atoms with van der Waals surface area (Å²) in [6.07, 6.45) is -4.52. The molecule has 0 fully saturated rings. The first kappa shape index (κ1) is 14.7. The number of halogens is 4. The average Bonchev–Trinajstić information content (AvgIpc) is 2.15. The zero-order valence-corrected chi connectivity index (χ0v) is 8.68. The fraction of sp³-hybridized carbons (Fsp3) is 0.222. The fourth-order valence-electron chi connectivity index (χ4n) is 1.02. The Morgan fingerprint density at radius 1 is 1.25 bits per heavy atom. The van der Waals surface area contributed by atoms with Crippen LogP contribution in [0, 0.1) is 0 Å². The highest BCUT2D eigenvalue weighted by atomic mass is 35.5. The molecule has 90 valence electrons. The first-order valence-electron chi connectivity index (χ1n) is 3.98. The average molecular weight is 256 g/mol. The number of carboxylic acid groups (broad SMARTS) is 1. The van der Waals surface area contributed by atoms with Crippen LogP contribution in [0.15, 0.2) is 24.3 Å². The molecule has 3 nitrogen and oxygen atoms in total. The second-order valence-electron chi connectivity index (χ2n) is 2.95. The van der Waals surface area contributed by atoms with Gasteiger partial charge >= 0.3 is 12.1 Å². The summed E-state index contributed by atoms with van der Waals surface area (Å²) in [5, 5.41) is 8.52. The molecule has 1 rings (SSSR count). The summed E-state index contributed by atoms with van der Waals surface area (Å²) >= 11 is 0. The molecule has 1 aromatic carbocycles. The Labute approximate surface area is 95.5 Å². The number of hydrogen-bond donors (Lipinski definition) is 2. The van der Waals surface area contributed by atoms with Crippen LogP contribution in [-0.4, -0.2) is 17.3 Å². The number of hydrogen-bond acceptors (Lipinski definition) is 2. The van der Waals surface area contributed by atoms with Gasteiger partial charge in [0.1, 0.15) is 6.04 Å². The second kappa shape index (κ2) is 5.18. The Morgan fingerprint density at radius 3 is 2.00 bits per heavy atom. The number of rotatable bonds is 2. The van der Waals surface area contributed by atoms with Crippen LogP contribution < -0.4 is 5.73 Å². The Balaban J connectivity index is 0.00000225. The lowest BCUT2D eigenvalue weighted by molar-refractivity contribution is -0.149. The third-order valence-corrected chi connectivity index (χ3v) is 1.87. The lowest BCUT2D eigenvalue weighted by Crippen LogP contribution is -2.28. The predicted octanol–water partition coefficient (Wildman–Crippen LogP) is 2.37. The number of carboxylic acids is 1. The van der Waals surface area contributed by atoms with Gasteiger partial charge in [-0.25, -0.2) is 4.79 Å². The summed E-state index contributed by atoms with van der Waals surface area (Å²) in [6, 6.07) is 2.20. The zero-order valence-electron chi connectivity index (χ0n) is 7.86. The van der Waals surface area contributed by atoms with Gasteiger partial charge in [0.05, 0.1) is 5.56 Å². The van der Waals surface area contributed by atoms with Crippen LogP contribution in [0.5, 0.6) is 0 Å². The van der Waals surface area contributed by atoms with Crippen molar-refractivity contribution < 1.29 is 23.1 Å². The summed E-state index contributed by atoms with van der Waals surface area (Å²) in [5.74, 6) is -1.19. The van der Waals surface area contributed by atoms with Crippen LogP contribution in [0.25, 0.3) is 0 Å². The maximum absolute atomic E-state index is 12.2. The number of alkyl halides is 3. The molecule has 0 bridgehead atoms. The first-order chi connectivity index (χ1) is 6.82. The summed E-state index contributed by atoms with van der Waals surface area (Å²) in [5.41, 5.74) is 4.69. The third-order valence-electron chi connectivity index (χ3n) is 1.87. The van der Waals surface area contributed by atoms with Crippen LogP contribution in [0.2, 0.25) is 0 Å². The summed E-state index contributed by atoms with van der Waals surface area (Å²) in [7, 11) is 0. The number of benzene rings is 1. The van der Waals surface area contributed by atoms with Crippen molar-refractivity contribution in [3.63, 3.8) is 0 Å². The smallest absolute Gasteiger partial charge is 0.407 e. The molecule has 0 amide bonds. The third kappa shape index (κ3) is 3.39. The molecule has 1 aromatic rings. The van der Waals surface area contributed by atoms with E-state index in [2.05, 4.69) is 0 Å². The number of aromatic carboxylic acids is 1. The fourth-order valence-corrected chi connectivity index (χ4v) is 1.02. The van der Waals surface area contributed by atoms with Crippen molar-refractivity contribution in [1.82, 2.24) is 0 Å². The normalized spacial score (nSPS) is 12.8. The van der Waals surface area contributed by atoms with Crippen molar-refractivity contribution in [2.24, 2.45) is 5.73 Å². The zero-order chi connectivity index (χ0) is 11.6. The van der Waals surface area contributed by atoms with E-state index < -0.39 is 18.2 Å². The highest BCUT2D eigenvalue weighted by molar-refractivity contribution is 5.87. The van der Waals surface area contributed by atoms with E-state index in [0.29, 0.717) is 0 Å². The lowest BCUT2D eigenvalue weighted by Gasteiger charge is -2.15. The molecule has 0 saturated carbocycles. The first-order valence-corrected chi connectivity index (χ1v) is 3.98. The van der Waals surface area contributed by atoms with E-state index in [1.165, 1.54) is 0 Å². The standard InChI is InChI=1S/C9H8F3NO2.ClH/c10-9(11,12)7(13)5-1-3-6(4-2-5)8(14)15;/h1-4,7H,13H2,(H,14,15);1H/t7-;/m1./s1. The van der Waals surface area contributed by atoms with Gasteiger partial charge in [0.2, 0.25) is 0 Å². The van der Waals surface area contributed by atoms with E-state index in [1.54, 1.807) is 0 Å². The Kier molecular flexibility index (Phi) is 4.77. The van der Waals surface area contributed by atoms with E-state index in [1.807, 2.05) is 0 Å². The molecule has 1 atom stereocenters.